The number of carbonyl (C=O) groups excluding carboxylic acids is 3. The maximum absolute atomic E-state index is 12.0. The van der Waals surface area contributed by atoms with E-state index in [0.29, 0.717) is 15.7 Å². The number of halogens is 2. The summed E-state index contributed by atoms with van der Waals surface area (Å²) < 4.78 is 9.83. The number of ether oxygens (including phenoxy) is 1. The molecule has 2 N–H and O–H groups in total. The number of anilines is 1. The number of nitrogens with one attached hydrogen (secondary N) is 2. The molecule has 0 saturated carbocycles. The molecule has 132 valence electrons. The number of hydrogen-bond donors (Lipinski definition) is 2. The van der Waals surface area contributed by atoms with Crippen molar-refractivity contribution in [1.82, 2.24) is 5.32 Å². The fourth-order valence-electron chi connectivity index (χ4n) is 1.77. The van der Waals surface area contributed by atoms with E-state index in [2.05, 4.69) is 10.6 Å². The van der Waals surface area contributed by atoms with Crippen LogP contribution in [0.25, 0.3) is 0 Å². The summed E-state index contributed by atoms with van der Waals surface area (Å²) in [5.74, 6) is -1.87. The Kier molecular flexibility index (Phi) is 6.44. The van der Waals surface area contributed by atoms with Gasteiger partial charge in [-0.3, -0.25) is 14.4 Å². The van der Waals surface area contributed by atoms with Crippen molar-refractivity contribution in [1.29, 1.82) is 0 Å². The molecule has 2 amide bonds. The molecule has 9 heteroatoms. The minimum Gasteiger partial charge on any atom is -0.459 e. The monoisotopic (exact) mass is 384 g/mol. The third-order valence-corrected chi connectivity index (χ3v) is 3.57. The first-order valence-electron chi connectivity index (χ1n) is 7.14. The summed E-state index contributed by atoms with van der Waals surface area (Å²) in [6.45, 7) is 0.981. The van der Waals surface area contributed by atoms with Gasteiger partial charge in [0.15, 0.2) is 11.9 Å². The highest BCUT2D eigenvalue weighted by atomic mass is 35.5. The number of carbonyl (C=O) groups is 3. The predicted octanol–water partition coefficient (Wildman–Crippen LogP) is 2.89. The van der Waals surface area contributed by atoms with Crippen LogP contribution in [0.4, 0.5) is 5.69 Å². The molecule has 1 atom stereocenters. The molecule has 0 radical (unpaired) electrons. The minimum atomic E-state index is -1.09. The molecule has 0 spiro atoms. The number of hydrogen-bond acceptors (Lipinski definition) is 5. The molecule has 25 heavy (non-hydrogen) atoms. The van der Waals surface area contributed by atoms with Crippen molar-refractivity contribution in [2.75, 3.05) is 11.9 Å². The molecule has 2 rings (SSSR count). The second-order valence-electron chi connectivity index (χ2n) is 4.91. The molecule has 1 aromatic carbocycles. The first-order valence-corrected chi connectivity index (χ1v) is 7.89. The normalized spacial score (nSPS) is 11.5. The SMILES string of the molecule is C[C@H](OC(=O)CNC(=O)c1ccco1)C(=O)Nc1cc(Cl)ccc1Cl. The lowest BCUT2D eigenvalue weighted by molar-refractivity contribution is -0.152. The highest BCUT2D eigenvalue weighted by Crippen LogP contribution is 2.25. The zero-order chi connectivity index (χ0) is 18.4. The van der Waals surface area contributed by atoms with Crippen LogP contribution in [0.2, 0.25) is 10.0 Å². The largest absolute Gasteiger partial charge is 0.459 e. The van der Waals surface area contributed by atoms with Crippen molar-refractivity contribution < 1.29 is 23.5 Å². The van der Waals surface area contributed by atoms with Gasteiger partial charge in [0, 0.05) is 5.02 Å². The molecular weight excluding hydrogens is 371 g/mol. The average Bonchev–Trinajstić information content (AvgIpc) is 3.10. The topological polar surface area (TPSA) is 97.6 Å². The van der Waals surface area contributed by atoms with Crippen LogP contribution in [-0.2, 0) is 14.3 Å². The highest BCUT2D eigenvalue weighted by Gasteiger charge is 2.20. The Bertz CT molecular complexity index is 777. The number of benzene rings is 1. The molecular formula is C16H14Cl2N2O5. The number of amides is 2. The van der Waals surface area contributed by atoms with Crippen LogP contribution in [0.3, 0.4) is 0 Å². The van der Waals surface area contributed by atoms with Crippen molar-refractivity contribution in [2.24, 2.45) is 0 Å². The van der Waals surface area contributed by atoms with Gasteiger partial charge in [0.05, 0.1) is 17.0 Å². The average molecular weight is 385 g/mol. The smallest absolute Gasteiger partial charge is 0.326 e. The molecule has 0 unspecified atom stereocenters. The lowest BCUT2D eigenvalue weighted by atomic mass is 10.3. The fraction of sp³-hybridized carbons (Fsp3) is 0.188. The molecule has 1 heterocycles. The lowest BCUT2D eigenvalue weighted by Gasteiger charge is -2.14. The van der Waals surface area contributed by atoms with E-state index in [0.717, 1.165) is 0 Å². The van der Waals surface area contributed by atoms with Gasteiger partial charge in [-0.25, -0.2) is 0 Å². The van der Waals surface area contributed by atoms with Crippen molar-refractivity contribution in [3.63, 3.8) is 0 Å². The van der Waals surface area contributed by atoms with Gasteiger partial charge in [0.1, 0.15) is 6.54 Å². The summed E-state index contributed by atoms with van der Waals surface area (Å²) in [6.07, 6.45) is 0.240. The Hall–Kier alpha value is -2.51. The number of esters is 1. The molecule has 2 aromatic rings. The van der Waals surface area contributed by atoms with Gasteiger partial charge in [-0.15, -0.1) is 0 Å². The summed E-state index contributed by atoms with van der Waals surface area (Å²) in [5.41, 5.74) is 0.299. The van der Waals surface area contributed by atoms with E-state index in [-0.39, 0.29) is 5.76 Å². The fourth-order valence-corrected chi connectivity index (χ4v) is 2.10. The Morgan fingerprint density at radius 2 is 2.00 bits per heavy atom. The molecule has 0 aliphatic rings. The summed E-state index contributed by atoms with van der Waals surface area (Å²) in [4.78, 5) is 35.4. The van der Waals surface area contributed by atoms with Gasteiger partial charge >= 0.3 is 5.97 Å². The van der Waals surface area contributed by atoms with Crippen LogP contribution >= 0.6 is 23.2 Å². The molecule has 0 aliphatic carbocycles. The molecule has 0 bridgehead atoms. The van der Waals surface area contributed by atoms with Gasteiger partial charge in [-0.2, -0.15) is 0 Å². The third-order valence-electron chi connectivity index (χ3n) is 3.00. The van der Waals surface area contributed by atoms with E-state index in [9.17, 15) is 14.4 Å². The molecule has 0 saturated heterocycles. The Morgan fingerprint density at radius 3 is 2.68 bits per heavy atom. The van der Waals surface area contributed by atoms with Gasteiger partial charge in [-0.1, -0.05) is 23.2 Å². The summed E-state index contributed by atoms with van der Waals surface area (Å²) in [7, 11) is 0. The van der Waals surface area contributed by atoms with Crippen LogP contribution in [0, 0.1) is 0 Å². The van der Waals surface area contributed by atoms with Crippen LogP contribution in [0.1, 0.15) is 17.5 Å². The van der Waals surface area contributed by atoms with Crippen molar-refractivity contribution >= 4 is 46.7 Å². The van der Waals surface area contributed by atoms with E-state index in [4.69, 9.17) is 32.4 Å². The minimum absolute atomic E-state index is 0.0641. The van der Waals surface area contributed by atoms with Gasteiger partial charge in [0.2, 0.25) is 0 Å². The Balaban J connectivity index is 1.82. The van der Waals surface area contributed by atoms with Crippen LogP contribution < -0.4 is 10.6 Å². The van der Waals surface area contributed by atoms with Crippen molar-refractivity contribution in [3.05, 3.63) is 52.4 Å². The standard InChI is InChI=1S/C16H14Cl2N2O5/c1-9(15(22)20-12-7-10(17)4-5-11(12)18)25-14(21)8-19-16(23)13-3-2-6-24-13/h2-7,9H,8H2,1H3,(H,19,23)(H,20,22)/t9-/m0/s1. The van der Waals surface area contributed by atoms with Crippen LogP contribution in [0.5, 0.6) is 0 Å². The molecule has 0 aliphatic heterocycles. The van der Waals surface area contributed by atoms with Crippen molar-refractivity contribution in [3.8, 4) is 0 Å². The first kappa shape index (κ1) is 18.8. The molecule has 1 aromatic heterocycles. The molecule has 0 fully saturated rings. The maximum atomic E-state index is 12.0. The Morgan fingerprint density at radius 1 is 1.24 bits per heavy atom. The van der Waals surface area contributed by atoms with E-state index in [1.54, 1.807) is 12.1 Å². The first-order chi connectivity index (χ1) is 11.9. The van der Waals surface area contributed by atoms with Crippen molar-refractivity contribution in [2.45, 2.75) is 13.0 Å². The number of rotatable bonds is 6. The van der Waals surface area contributed by atoms with Crippen LogP contribution in [-0.4, -0.2) is 30.4 Å². The third kappa shape index (κ3) is 5.51. The van der Waals surface area contributed by atoms with E-state index in [1.807, 2.05) is 0 Å². The molecule has 7 nitrogen and oxygen atoms in total. The van der Waals surface area contributed by atoms with Gasteiger partial charge in [0.25, 0.3) is 11.8 Å². The van der Waals surface area contributed by atoms with E-state index in [1.165, 1.54) is 31.4 Å². The van der Waals surface area contributed by atoms with E-state index >= 15 is 0 Å². The zero-order valence-electron chi connectivity index (χ0n) is 13.0. The Labute approximate surface area is 153 Å². The van der Waals surface area contributed by atoms with Gasteiger partial charge in [-0.05, 0) is 37.3 Å². The second kappa shape index (κ2) is 8.55. The summed E-state index contributed by atoms with van der Waals surface area (Å²) in [5, 5.41) is 5.51. The highest BCUT2D eigenvalue weighted by molar-refractivity contribution is 6.35. The van der Waals surface area contributed by atoms with Crippen LogP contribution in [0.15, 0.2) is 41.0 Å². The van der Waals surface area contributed by atoms with Gasteiger partial charge < -0.3 is 19.8 Å². The second-order valence-corrected chi connectivity index (χ2v) is 5.75. The maximum Gasteiger partial charge on any atom is 0.326 e. The lowest BCUT2D eigenvalue weighted by Crippen LogP contribution is -2.35. The predicted molar refractivity (Wildman–Crippen MR) is 91.7 cm³/mol. The summed E-state index contributed by atoms with van der Waals surface area (Å²) >= 11 is 11.8. The number of furan rings is 1. The van der Waals surface area contributed by atoms with E-state index < -0.39 is 30.4 Å². The quantitative estimate of drug-likeness (QED) is 0.746. The summed E-state index contributed by atoms with van der Waals surface area (Å²) in [6, 6.07) is 7.57. The zero-order valence-corrected chi connectivity index (χ0v) is 14.6.